The van der Waals surface area contributed by atoms with Gasteiger partial charge >= 0.3 is 5.97 Å². The van der Waals surface area contributed by atoms with Crippen molar-refractivity contribution in [1.29, 1.82) is 0 Å². The average molecular weight is 425 g/mol. The molecule has 0 spiro atoms. The van der Waals surface area contributed by atoms with Gasteiger partial charge in [0.2, 0.25) is 0 Å². The number of unbranched alkanes of at least 4 members (excludes halogenated alkanes) is 4. The zero-order chi connectivity index (χ0) is 21.9. The maximum atomic E-state index is 12.2. The largest absolute Gasteiger partial charge is 0.468 e. The minimum Gasteiger partial charge on any atom is -0.468 e. The highest BCUT2D eigenvalue weighted by Gasteiger charge is 2.21. The van der Waals surface area contributed by atoms with E-state index in [0.717, 1.165) is 56.5 Å². The number of carbonyl (C=O) groups excluding carboxylic acids is 1. The number of fused-ring (bicyclic) bond motifs is 1. The van der Waals surface area contributed by atoms with Crippen molar-refractivity contribution in [3.8, 4) is 0 Å². The Morgan fingerprint density at radius 1 is 1.19 bits per heavy atom. The highest BCUT2D eigenvalue weighted by Crippen LogP contribution is 2.21. The highest BCUT2D eigenvalue weighted by molar-refractivity contribution is 5.75. The molecule has 31 heavy (non-hydrogen) atoms. The number of esters is 1. The predicted molar refractivity (Wildman–Crippen MR) is 124 cm³/mol. The summed E-state index contributed by atoms with van der Waals surface area (Å²) in [5.74, 6) is 0.897. The summed E-state index contributed by atoms with van der Waals surface area (Å²) in [6.07, 6.45) is 13.4. The molecule has 0 radical (unpaired) electrons. The van der Waals surface area contributed by atoms with E-state index in [1.807, 2.05) is 18.3 Å². The molecule has 0 saturated carbocycles. The predicted octanol–water partition coefficient (Wildman–Crippen LogP) is 4.61. The van der Waals surface area contributed by atoms with Crippen LogP contribution in [-0.4, -0.2) is 35.6 Å². The van der Waals surface area contributed by atoms with Crippen LogP contribution in [0.3, 0.4) is 0 Å². The summed E-state index contributed by atoms with van der Waals surface area (Å²) in [7, 11) is 1.45. The third-order valence-electron chi connectivity index (χ3n) is 6.00. The van der Waals surface area contributed by atoms with E-state index in [4.69, 9.17) is 9.72 Å². The van der Waals surface area contributed by atoms with Crippen LogP contribution >= 0.6 is 0 Å². The molecule has 2 aromatic rings. The molecule has 6 nitrogen and oxygen atoms in total. The number of nitrogens with one attached hydrogen (secondary N) is 2. The highest BCUT2D eigenvalue weighted by atomic mass is 16.5. The van der Waals surface area contributed by atoms with Crippen molar-refractivity contribution >= 4 is 11.8 Å². The van der Waals surface area contributed by atoms with Crippen molar-refractivity contribution in [2.45, 2.75) is 76.8 Å². The number of aryl methyl sites for hydroxylation is 2. The Labute approximate surface area is 186 Å². The summed E-state index contributed by atoms with van der Waals surface area (Å²) in [6, 6.07) is 8.12. The Morgan fingerprint density at radius 2 is 2.03 bits per heavy atom. The number of hydrogen-bond acceptors (Lipinski definition) is 6. The van der Waals surface area contributed by atoms with Gasteiger partial charge in [0, 0.05) is 30.7 Å². The second-order valence-electron chi connectivity index (χ2n) is 8.40. The van der Waals surface area contributed by atoms with Crippen LogP contribution < -0.4 is 10.6 Å². The number of methoxy groups -OCH3 is 1. The Hall–Kier alpha value is -2.47. The molecule has 0 aromatic carbocycles. The summed E-state index contributed by atoms with van der Waals surface area (Å²) in [5.41, 5.74) is 3.61. The van der Waals surface area contributed by atoms with Crippen LogP contribution in [0.1, 0.15) is 74.7 Å². The molecule has 0 amide bonds. The molecule has 168 valence electrons. The normalized spacial score (nSPS) is 14.9. The van der Waals surface area contributed by atoms with Crippen LogP contribution in [0, 0.1) is 0 Å². The van der Waals surface area contributed by atoms with Gasteiger partial charge in [-0.15, -0.1) is 0 Å². The van der Waals surface area contributed by atoms with Gasteiger partial charge in [-0.1, -0.05) is 37.8 Å². The van der Waals surface area contributed by atoms with Gasteiger partial charge in [-0.25, -0.2) is 4.98 Å². The standard InChI is InChI=1S/C25H36N4O2/c1-19(21-11-8-16-26-18-21)28-23(25(30)31-2)13-7-5-3-4-6-12-22-15-14-20-10-9-17-27-24(20)29-22/h8,11,14-16,18-19,23,28H,3-7,9-10,12-13,17H2,1-2H3,(H,27,29)/t19?,23-/m0/s1. The molecule has 1 aliphatic heterocycles. The van der Waals surface area contributed by atoms with Crippen molar-refractivity contribution < 1.29 is 9.53 Å². The van der Waals surface area contributed by atoms with E-state index >= 15 is 0 Å². The average Bonchev–Trinajstić information content (AvgIpc) is 2.82. The van der Waals surface area contributed by atoms with E-state index in [2.05, 4.69) is 34.7 Å². The molecule has 3 rings (SSSR count). The molecule has 0 aliphatic carbocycles. The van der Waals surface area contributed by atoms with Gasteiger partial charge in [0.05, 0.1) is 7.11 Å². The number of aromatic nitrogens is 2. The first-order valence-electron chi connectivity index (χ1n) is 11.6. The van der Waals surface area contributed by atoms with E-state index < -0.39 is 0 Å². The Morgan fingerprint density at radius 3 is 2.84 bits per heavy atom. The SMILES string of the molecule is COC(=O)[C@H](CCCCCCCc1ccc2c(n1)NCCC2)NC(C)c1cccnc1. The Bertz CT molecular complexity index is 812. The lowest BCUT2D eigenvalue weighted by Crippen LogP contribution is -2.39. The zero-order valence-electron chi connectivity index (χ0n) is 18.9. The Balaban J connectivity index is 1.33. The third kappa shape index (κ3) is 7.31. The minimum atomic E-state index is -0.285. The molecular formula is C25H36N4O2. The Kier molecular flexibility index (Phi) is 9.28. The lowest BCUT2D eigenvalue weighted by atomic mass is 10.0. The summed E-state index contributed by atoms with van der Waals surface area (Å²) in [6.45, 7) is 3.09. The topological polar surface area (TPSA) is 76.1 Å². The first-order chi connectivity index (χ1) is 15.2. The van der Waals surface area contributed by atoms with Crippen molar-refractivity contribution in [3.05, 3.63) is 53.5 Å². The first kappa shape index (κ1) is 23.2. The third-order valence-corrected chi connectivity index (χ3v) is 6.00. The van der Waals surface area contributed by atoms with Crippen LogP contribution in [0.15, 0.2) is 36.7 Å². The fraction of sp³-hybridized carbons (Fsp3) is 0.560. The van der Waals surface area contributed by atoms with Gasteiger partial charge in [0.15, 0.2) is 0 Å². The van der Waals surface area contributed by atoms with E-state index in [1.165, 1.54) is 37.6 Å². The van der Waals surface area contributed by atoms with Crippen molar-refractivity contribution in [2.24, 2.45) is 0 Å². The fourth-order valence-electron chi connectivity index (χ4n) is 4.13. The van der Waals surface area contributed by atoms with Crippen LogP contribution in [0.2, 0.25) is 0 Å². The summed E-state index contributed by atoms with van der Waals surface area (Å²) < 4.78 is 5.00. The number of rotatable bonds is 12. The van der Waals surface area contributed by atoms with Gasteiger partial charge in [-0.3, -0.25) is 15.1 Å². The maximum Gasteiger partial charge on any atom is 0.322 e. The smallest absolute Gasteiger partial charge is 0.322 e. The minimum absolute atomic E-state index is 0.0522. The number of pyridine rings is 2. The lowest BCUT2D eigenvalue weighted by molar-refractivity contribution is -0.143. The summed E-state index contributed by atoms with van der Waals surface area (Å²) in [5, 5.41) is 6.81. The van der Waals surface area contributed by atoms with Crippen molar-refractivity contribution in [1.82, 2.24) is 15.3 Å². The van der Waals surface area contributed by atoms with E-state index in [-0.39, 0.29) is 18.1 Å². The van der Waals surface area contributed by atoms with Crippen LogP contribution in [-0.2, 0) is 22.4 Å². The zero-order valence-corrected chi connectivity index (χ0v) is 18.9. The van der Waals surface area contributed by atoms with E-state index in [0.29, 0.717) is 0 Å². The molecular weight excluding hydrogens is 388 g/mol. The fourth-order valence-corrected chi connectivity index (χ4v) is 4.13. The van der Waals surface area contributed by atoms with Crippen molar-refractivity contribution in [2.75, 3.05) is 19.0 Å². The quantitative estimate of drug-likeness (QED) is 0.383. The second kappa shape index (κ2) is 12.4. The number of hydrogen-bond donors (Lipinski definition) is 2. The van der Waals surface area contributed by atoms with Gasteiger partial charge in [-0.05, 0) is 62.3 Å². The van der Waals surface area contributed by atoms with E-state index in [1.54, 1.807) is 6.20 Å². The number of ether oxygens (including phenoxy) is 1. The summed E-state index contributed by atoms with van der Waals surface area (Å²) in [4.78, 5) is 21.1. The number of nitrogens with zero attached hydrogens (tertiary/aromatic N) is 2. The van der Waals surface area contributed by atoms with Crippen LogP contribution in [0.25, 0.3) is 0 Å². The van der Waals surface area contributed by atoms with Crippen LogP contribution in [0.4, 0.5) is 5.82 Å². The second-order valence-corrected chi connectivity index (χ2v) is 8.40. The molecule has 3 heterocycles. The molecule has 0 saturated heterocycles. The van der Waals surface area contributed by atoms with Crippen LogP contribution in [0.5, 0.6) is 0 Å². The van der Waals surface area contributed by atoms with Gasteiger partial charge in [-0.2, -0.15) is 0 Å². The monoisotopic (exact) mass is 424 g/mol. The molecule has 2 atom stereocenters. The molecule has 0 bridgehead atoms. The molecule has 1 unspecified atom stereocenters. The number of anilines is 1. The number of carbonyl (C=O) groups is 1. The van der Waals surface area contributed by atoms with E-state index in [9.17, 15) is 4.79 Å². The summed E-state index contributed by atoms with van der Waals surface area (Å²) >= 11 is 0. The van der Waals surface area contributed by atoms with Gasteiger partial charge in [0.1, 0.15) is 11.9 Å². The van der Waals surface area contributed by atoms with Gasteiger partial charge in [0.25, 0.3) is 0 Å². The molecule has 1 aliphatic rings. The molecule has 0 fully saturated rings. The first-order valence-corrected chi connectivity index (χ1v) is 11.6. The maximum absolute atomic E-state index is 12.2. The molecule has 6 heteroatoms. The molecule has 2 N–H and O–H groups in total. The van der Waals surface area contributed by atoms with Crippen molar-refractivity contribution in [3.63, 3.8) is 0 Å². The lowest BCUT2D eigenvalue weighted by Gasteiger charge is -2.21. The van der Waals surface area contributed by atoms with Gasteiger partial charge < -0.3 is 10.1 Å². The molecule has 2 aromatic heterocycles.